The van der Waals surface area contributed by atoms with Gasteiger partial charge in [-0.3, -0.25) is 4.79 Å². The van der Waals surface area contributed by atoms with Gasteiger partial charge in [0.1, 0.15) is 17.8 Å². The van der Waals surface area contributed by atoms with E-state index in [1.807, 2.05) is 53.1 Å². The second-order valence-electron chi connectivity index (χ2n) is 5.58. The first-order valence-corrected chi connectivity index (χ1v) is 8.86. The summed E-state index contributed by atoms with van der Waals surface area (Å²) in [5.41, 5.74) is 3.33. The normalized spacial score (nSPS) is 10.7. The Balaban J connectivity index is 1.68. The number of para-hydroxylation sites is 1. The van der Waals surface area contributed by atoms with Gasteiger partial charge in [-0.05, 0) is 23.8 Å². The summed E-state index contributed by atoms with van der Waals surface area (Å²) in [7, 11) is 1.66. The molecule has 6 heteroatoms. The van der Waals surface area contributed by atoms with Crippen LogP contribution in [0.5, 0.6) is 5.75 Å². The minimum absolute atomic E-state index is 0.167. The molecule has 4 rings (SSSR count). The number of ether oxygens (including phenoxy) is 1. The van der Waals surface area contributed by atoms with Crippen LogP contribution in [0.15, 0.2) is 72.6 Å². The highest BCUT2D eigenvalue weighted by Crippen LogP contribution is 2.30. The molecule has 0 aliphatic heterocycles. The molecule has 5 nitrogen and oxygen atoms in total. The molecular weight excluding hydrogens is 346 g/mol. The van der Waals surface area contributed by atoms with E-state index < -0.39 is 0 Å². The topological polar surface area (TPSA) is 57.0 Å². The van der Waals surface area contributed by atoms with Crippen molar-refractivity contribution in [1.29, 1.82) is 0 Å². The van der Waals surface area contributed by atoms with Crippen LogP contribution in [0.4, 0.5) is 0 Å². The zero-order chi connectivity index (χ0) is 17.9. The Labute approximate surface area is 154 Å². The molecule has 0 aliphatic carbocycles. The van der Waals surface area contributed by atoms with E-state index in [0.29, 0.717) is 10.7 Å². The number of ketones is 1. The van der Waals surface area contributed by atoms with Crippen LogP contribution in [-0.2, 0) is 0 Å². The lowest BCUT2D eigenvalue weighted by Crippen LogP contribution is -2.00. The highest BCUT2D eigenvalue weighted by atomic mass is 32.1. The molecule has 0 atom stereocenters. The first-order valence-electron chi connectivity index (χ1n) is 7.98. The quantitative estimate of drug-likeness (QED) is 0.499. The van der Waals surface area contributed by atoms with Crippen LogP contribution >= 0.6 is 11.3 Å². The SMILES string of the molecule is COc1ccccc1-c1cccc(-n2cnc(C(=O)c3nccs3)c2)c1. The molecule has 0 fully saturated rings. The fourth-order valence-electron chi connectivity index (χ4n) is 2.74. The molecular formula is C20H15N3O2S. The number of imidazole rings is 1. The van der Waals surface area contributed by atoms with Crippen molar-refractivity contribution in [1.82, 2.24) is 14.5 Å². The molecule has 2 heterocycles. The maximum Gasteiger partial charge on any atom is 0.241 e. The highest BCUT2D eigenvalue weighted by Gasteiger charge is 2.15. The fourth-order valence-corrected chi connectivity index (χ4v) is 3.33. The predicted molar refractivity (Wildman–Crippen MR) is 101 cm³/mol. The van der Waals surface area contributed by atoms with Crippen molar-refractivity contribution in [2.75, 3.05) is 7.11 Å². The van der Waals surface area contributed by atoms with Gasteiger partial charge < -0.3 is 9.30 Å². The number of methoxy groups -OCH3 is 1. The molecule has 0 spiro atoms. The van der Waals surface area contributed by atoms with Crippen LogP contribution in [0.25, 0.3) is 16.8 Å². The van der Waals surface area contributed by atoms with Crippen LogP contribution in [-0.4, -0.2) is 27.4 Å². The number of thiazole rings is 1. The molecule has 2 aromatic heterocycles. The molecule has 0 saturated carbocycles. The van der Waals surface area contributed by atoms with Crippen molar-refractivity contribution < 1.29 is 9.53 Å². The molecule has 2 aromatic carbocycles. The van der Waals surface area contributed by atoms with Crippen LogP contribution < -0.4 is 4.74 Å². The third-order valence-electron chi connectivity index (χ3n) is 4.00. The van der Waals surface area contributed by atoms with E-state index in [1.165, 1.54) is 11.3 Å². The number of nitrogens with zero attached hydrogens (tertiary/aromatic N) is 3. The minimum Gasteiger partial charge on any atom is -0.496 e. The van der Waals surface area contributed by atoms with Crippen LogP contribution in [0.3, 0.4) is 0 Å². The summed E-state index contributed by atoms with van der Waals surface area (Å²) < 4.78 is 7.29. The van der Waals surface area contributed by atoms with Gasteiger partial charge in [-0.2, -0.15) is 0 Å². The van der Waals surface area contributed by atoms with Gasteiger partial charge in [-0.1, -0.05) is 30.3 Å². The largest absolute Gasteiger partial charge is 0.496 e. The van der Waals surface area contributed by atoms with E-state index in [1.54, 1.807) is 31.2 Å². The Hall–Kier alpha value is -3.25. The maximum atomic E-state index is 12.4. The van der Waals surface area contributed by atoms with Crippen molar-refractivity contribution in [3.8, 4) is 22.6 Å². The van der Waals surface area contributed by atoms with E-state index in [9.17, 15) is 4.79 Å². The number of hydrogen-bond donors (Lipinski definition) is 0. The van der Waals surface area contributed by atoms with Crippen molar-refractivity contribution in [2.45, 2.75) is 0 Å². The Morgan fingerprint density at radius 1 is 1.12 bits per heavy atom. The predicted octanol–water partition coefficient (Wildman–Crippen LogP) is 4.24. The summed E-state index contributed by atoms with van der Waals surface area (Å²) in [4.78, 5) is 20.7. The van der Waals surface area contributed by atoms with Crippen LogP contribution in [0.1, 0.15) is 15.5 Å². The summed E-state index contributed by atoms with van der Waals surface area (Å²) >= 11 is 1.31. The monoisotopic (exact) mass is 361 g/mol. The van der Waals surface area contributed by atoms with Gasteiger partial charge in [0.05, 0.1) is 7.11 Å². The number of carbonyl (C=O) groups is 1. The van der Waals surface area contributed by atoms with Gasteiger partial charge in [-0.15, -0.1) is 11.3 Å². The lowest BCUT2D eigenvalue weighted by molar-refractivity contribution is 0.103. The van der Waals surface area contributed by atoms with Crippen LogP contribution in [0.2, 0.25) is 0 Å². The van der Waals surface area contributed by atoms with Gasteiger partial charge >= 0.3 is 0 Å². The average molecular weight is 361 g/mol. The third-order valence-corrected chi connectivity index (χ3v) is 4.78. The minimum atomic E-state index is -0.167. The van der Waals surface area contributed by atoms with Crippen molar-refractivity contribution in [3.63, 3.8) is 0 Å². The first-order chi connectivity index (χ1) is 12.8. The van der Waals surface area contributed by atoms with E-state index >= 15 is 0 Å². The third kappa shape index (κ3) is 3.02. The van der Waals surface area contributed by atoms with Gasteiger partial charge in [0.25, 0.3) is 0 Å². The fraction of sp³-hybridized carbons (Fsp3) is 0.0500. The van der Waals surface area contributed by atoms with E-state index in [4.69, 9.17) is 4.74 Å². The molecule has 128 valence electrons. The second kappa shape index (κ2) is 6.93. The highest BCUT2D eigenvalue weighted by molar-refractivity contribution is 7.11. The number of carbonyl (C=O) groups excluding carboxylic acids is 1. The Morgan fingerprint density at radius 2 is 2.00 bits per heavy atom. The summed E-state index contributed by atoms with van der Waals surface area (Å²) in [6.45, 7) is 0. The Morgan fingerprint density at radius 3 is 2.81 bits per heavy atom. The lowest BCUT2D eigenvalue weighted by Gasteiger charge is -2.10. The van der Waals surface area contributed by atoms with Crippen molar-refractivity contribution in [3.05, 3.63) is 83.3 Å². The van der Waals surface area contributed by atoms with Crippen molar-refractivity contribution in [2.24, 2.45) is 0 Å². The lowest BCUT2D eigenvalue weighted by atomic mass is 10.0. The zero-order valence-electron chi connectivity index (χ0n) is 14.0. The Kier molecular flexibility index (Phi) is 4.33. The molecule has 4 aromatic rings. The molecule has 0 bridgehead atoms. The molecule has 0 unspecified atom stereocenters. The summed E-state index contributed by atoms with van der Waals surface area (Å²) in [5.74, 6) is 0.648. The number of hydrogen-bond acceptors (Lipinski definition) is 5. The van der Waals surface area contributed by atoms with E-state index in [0.717, 1.165) is 22.6 Å². The second-order valence-corrected chi connectivity index (χ2v) is 6.48. The smallest absolute Gasteiger partial charge is 0.241 e. The molecule has 0 aliphatic rings. The number of aromatic nitrogens is 3. The maximum absolute atomic E-state index is 12.4. The summed E-state index contributed by atoms with van der Waals surface area (Å²) in [5, 5.41) is 2.22. The van der Waals surface area contributed by atoms with Gasteiger partial charge in [0, 0.05) is 29.0 Å². The zero-order valence-corrected chi connectivity index (χ0v) is 14.8. The molecule has 0 saturated heterocycles. The van der Waals surface area contributed by atoms with Gasteiger partial charge in [0.2, 0.25) is 5.78 Å². The van der Waals surface area contributed by atoms with E-state index in [-0.39, 0.29) is 5.78 Å². The van der Waals surface area contributed by atoms with Gasteiger partial charge in [0.15, 0.2) is 5.01 Å². The molecule has 0 amide bonds. The standard InChI is InChI=1S/C20H15N3O2S/c1-25-18-8-3-2-7-16(18)14-5-4-6-15(11-14)23-12-17(22-13-23)19(24)20-21-9-10-26-20/h2-13H,1H3. The van der Waals surface area contributed by atoms with Gasteiger partial charge in [-0.25, -0.2) is 9.97 Å². The van der Waals surface area contributed by atoms with Crippen molar-refractivity contribution >= 4 is 17.1 Å². The Bertz CT molecular complexity index is 1050. The average Bonchev–Trinajstić information content (AvgIpc) is 3.39. The molecule has 26 heavy (non-hydrogen) atoms. The first kappa shape index (κ1) is 16.2. The van der Waals surface area contributed by atoms with Crippen LogP contribution in [0, 0.1) is 0 Å². The summed E-state index contributed by atoms with van der Waals surface area (Å²) in [6.07, 6.45) is 4.98. The molecule has 0 radical (unpaired) electrons. The summed E-state index contributed by atoms with van der Waals surface area (Å²) in [6, 6.07) is 15.9. The molecule has 0 N–H and O–H groups in total. The number of rotatable bonds is 5. The number of benzene rings is 2. The van der Waals surface area contributed by atoms with E-state index in [2.05, 4.69) is 9.97 Å².